The number of imidazole rings is 1. The summed E-state index contributed by atoms with van der Waals surface area (Å²) in [4.78, 5) is 7.66. The van der Waals surface area contributed by atoms with Crippen molar-refractivity contribution in [2.24, 2.45) is 0 Å². The van der Waals surface area contributed by atoms with E-state index in [0.717, 1.165) is 35.8 Å². The molecular formula is C17H21N3O3S. The number of aromatic nitrogens is 2. The summed E-state index contributed by atoms with van der Waals surface area (Å²) in [6.07, 6.45) is 2.87. The fourth-order valence-corrected chi connectivity index (χ4v) is 4.92. The zero-order valence-corrected chi connectivity index (χ0v) is 14.2. The molecule has 0 amide bonds. The molecule has 6 nitrogen and oxygen atoms in total. The van der Waals surface area contributed by atoms with E-state index in [1.807, 2.05) is 12.1 Å². The molecule has 4 rings (SSSR count). The number of nitrogens with zero attached hydrogens (tertiary/aromatic N) is 1. The van der Waals surface area contributed by atoms with Crippen molar-refractivity contribution in [1.82, 2.24) is 15.3 Å². The van der Waals surface area contributed by atoms with Crippen LogP contribution in [0.4, 0.5) is 0 Å². The standard InChI is InChI=1S/C17H21N3O3S/c21-24(22)6-4-13(5-7-24)23-14-3-1-2-12(8-14)15-9-18-10-16-17(15)20-11-19-16/h1-3,8,11,13,15,18H,4-7,9-10H2,(H,19,20). The van der Waals surface area contributed by atoms with Crippen LogP contribution in [0.1, 0.15) is 35.7 Å². The number of sulfone groups is 1. The minimum absolute atomic E-state index is 0.0193. The number of ether oxygens (including phenoxy) is 1. The number of fused-ring (bicyclic) bond motifs is 1. The van der Waals surface area contributed by atoms with Crippen LogP contribution in [-0.4, -0.2) is 42.5 Å². The average molecular weight is 347 g/mol. The highest BCUT2D eigenvalue weighted by atomic mass is 32.2. The lowest BCUT2D eigenvalue weighted by molar-refractivity contribution is 0.189. The zero-order chi connectivity index (χ0) is 16.6. The highest BCUT2D eigenvalue weighted by molar-refractivity contribution is 7.91. The van der Waals surface area contributed by atoms with Crippen LogP contribution in [0.2, 0.25) is 0 Å². The molecule has 128 valence electrons. The van der Waals surface area contributed by atoms with E-state index in [1.54, 1.807) is 6.33 Å². The third-order valence-corrected chi connectivity index (χ3v) is 6.51. The lowest BCUT2D eigenvalue weighted by Gasteiger charge is -2.25. The van der Waals surface area contributed by atoms with Gasteiger partial charge in [0.25, 0.3) is 0 Å². The van der Waals surface area contributed by atoms with Gasteiger partial charge in [0.05, 0.1) is 29.2 Å². The SMILES string of the molecule is O=S1(=O)CCC(Oc2cccc(C3CNCc4[nH]cnc43)c2)CC1. The van der Waals surface area contributed by atoms with Crippen LogP contribution in [-0.2, 0) is 16.4 Å². The van der Waals surface area contributed by atoms with Crippen molar-refractivity contribution >= 4 is 9.84 Å². The summed E-state index contributed by atoms with van der Waals surface area (Å²) in [5.74, 6) is 1.45. The van der Waals surface area contributed by atoms with Crippen LogP contribution < -0.4 is 10.1 Å². The Labute approximate surface area is 141 Å². The van der Waals surface area contributed by atoms with Gasteiger partial charge in [-0.3, -0.25) is 0 Å². The van der Waals surface area contributed by atoms with Gasteiger partial charge in [-0.25, -0.2) is 13.4 Å². The normalized spacial score (nSPS) is 23.6. The molecular weight excluding hydrogens is 326 g/mol. The van der Waals surface area contributed by atoms with Crippen molar-refractivity contribution in [1.29, 1.82) is 0 Å². The maximum Gasteiger partial charge on any atom is 0.150 e. The summed E-state index contributed by atoms with van der Waals surface area (Å²) in [7, 11) is -2.86. The fourth-order valence-electron chi connectivity index (χ4n) is 3.47. The van der Waals surface area contributed by atoms with E-state index >= 15 is 0 Å². The van der Waals surface area contributed by atoms with Gasteiger partial charge in [-0.05, 0) is 30.5 Å². The molecule has 2 aliphatic rings. The minimum atomic E-state index is -2.86. The molecule has 0 aliphatic carbocycles. The van der Waals surface area contributed by atoms with Crippen molar-refractivity contribution in [3.8, 4) is 5.75 Å². The molecule has 0 saturated carbocycles. The summed E-state index contributed by atoms with van der Waals surface area (Å²) < 4.78 is 29.1. The van der Waals surface area contributed by atoms with Gasteiger partial charge in [0, 0.05) is 19.0 Å². The van der Waals surface area contributed by atoms with Crippen molar-refractivity contribution in [2.45, 2.75) is 31.4 Å². The molecule has 0 bridgehead atoms. The number of rotatable bonds is 3. The number of H-pyrrole nitrogens is 1. The van der Waals surface area contributed by atoms with Crippen molar-refractivity contribution in [3.05, 3.63) is 47.5 Å². The van der Waals surface area contributed by atoms with Gasteiger partial charge in [0.15, 0.2) is 9.84 Å². The molecule has 1 atom stereocenters. The first-order valence-electron chi connectivity index (χ1n) is 8.31. The smallest absolute Gasteiger partial charge is 0.150 e. The molecule has 1 fully saturated rings. The van der Waals surface area contributed by atoms with Gasteiger partial charge in [-0.1, -0.05) is 12.1 Å². The van der Waals surface area contributed by atoms with Gasteiger partial charge < -0.3 is 15.0 Å². The number of nitrogens with one attached hydrogen (secondary N) is 2. The Balaban J connectivity index is 1.51. The first kappa shape index (κ1) is 15.7. The molecule has 0 radical (unpaired) electrons. The van der Waals surface area contributed by atoms with E-state index in [4.69, 9.17) is 4.74 Å². The third-order valence-electron chi connectivity index (χ3n) is 4.80. The quantitative estimate of drug-likeness (QED) is 0.881. The molecule has 1 aromatic heterocycles. The van der Waals surface area contributed by atoms with Crippen molar-refractivity contribution in [3.63, 3.8) is 0 Å². The molecule has 2 aromatic rings. The van der Waals surface area contributed by atoms with E-state index in [-0.39, 0.29) is 23.5 Å². The molecule has 0 spiro atoms. The summed E-state index contributed by atoms with van der Waals surface area (Å²) in [6.45, 7) is 1.67. The summed E-state index contributed by atoms with van der Waals surface area (Å²) >= 11 is 0. The molecule has 1 aromatic carbocycles. The maximum atomic E-state index is 11.5. The van der Waals surface area contributed by atoms with Crippen LogP contribution >= 0.6 is 0 Å². The topological polar surface area (TPSA) is 84.1 Å². The second-order valence-electron chi connectivity index (χ2n) is 6.49. The number of hydrogen-bond acceptors (Lipinski definition) is 5. The maximum absolute atomic E-state index is 11.5. The van der Waals surface area contributed by atoms with Crippen LogP contribution in [0.15, 0.2) is 30.6 Å². The van der Waals surface area contributed by atoms with Gasteiger partial charge in [0.2, 0.25) is 0 Å². The zero-order valence-electron chi connectivity index (χ0n) is 13.4. The second kappa shape index (κ2) is 6.22. The molecule has 2 aliphatic heterocycles. The summed E-state index contributed by atoms with van der Waals surface area (Å²) in [6, 6.07) is 8.08. The highest BCUT2D eigenvalue weighted by Gasteiger charge is 2.26. The largest absolute Gasteiger partial charge is 0.490 e. The van der Waals surface area contributed by atoms with E-state index in [2.05, 4.69) is 27.4 Å². The molecule has 2 N–H and O–H groups in total. The average Bonchev–Trinajstić information content (AvgIpc) is 3.06. The van der Waals surface area contributed by atoms with Crippen LogP contribution in [0.5, 0.6) is 5.75 Å². The van der Waals surface area contributed by atoms with Gasteiger partial charge >= 0.3 is 0 Å². The van der Waals surface area contributed by atoms with Crippen LogP contribution in [0.3, 0.4) is 0 Å². The van der Waals surface area contributed by atoms with Gasteiger partial charge in [-0.2, -0.15) is 0 Å². The predicted molar refractivity (Wildman–Crippen MR) is 90.9 cm³/mol. The van der Waals surface area contributed by atoms with Gasteiger partial charge in [-0.15, -0.1) is 0 Å². The highest BCUT2D eigenvalue weighted by Crippen LogP contribution is 2.30. The Morgan fingerprint density at radius 3 is 2.88 bits per heavy atom. The van der Waals surface area contributed by atoms with Crippen LogP contribution in [0, 0.1) is 0 Å². The third kappa shape index (κ3) is 3.18. The fraction of sp³-hybridized carbons (Fsp3) is 0.471. The first-order valence-corrected chi connectivity index (χ1v) is 10.1. The molecule has 1 unspecified atom stereocenters. The molecule has 7 heteroatoms. The van der Waals surface area contributed by atoms with E-state index in [1.165, 1.54) is 0 Å². The summed E-state index contributed by atoms with van der Waals surface area (Å²) in [5, 5.41) is 3.41. The van der Waals surface area contributed by atoms with Crippen LogP contribution in [0.25, 0.3) is 0 Å². The van der Waals surface area contributed by atoms with Gasteiger partial charge in [0.1, 0.15) is 11.9 Å². The molecule has 3 heterocycles. The Morgan fingerprint density at radius 2 is 2.04 bits per heavy atom. The Bertz CT molecular complexity index is 817. The van der Waals surface area contributed by atoms with Crippen molar-refractivity contribution < 1.29 is 13.2 Å². The lowest BCUT2D eigenvalue weighted by Crippen LogP contribution is -2.31. The number of aromatic amines is 1. The van der Waals surface area contributed by atoms with Crippen molar-refractivity contribution in [2.75, 3.05) is 18.1 Å². The Kier molecular flexibility index (Phi) is 4.05. The first-order chi connectivity index (χ1) is 11.6. The Hall–Kier alpha value is -1.86. The second-order valence-corrected chi connectivity index (χ2v) is 8.79. The Morgan fingerprint density at radius 1 is 1.21 bits per heavy atom. The monoisotopic (exact) mass is 347 g/mol. The van der Waals surface area contributed by atoms with E-state index < -0.39 is 9.84 Å². The summed E-state index contributed by atoms with van der Waals surface area (Å²) in [5.41, 5.74) is 3.39. The molecule has 1 saturated heterocycles. The van der Waals surface area contributed by atoms with E-state index in [0.29, 0.717) is 12.8 Å². The number of benzene rings is 1. The number of hydrogen-bond donors (Lipinski definition) is 2. The van der Waals surface area contributed by atoms with E-state index in [9.17, 15) is 8.42 Å². The molecule has 24 heavy (non-hydrogen) atoms. The predicted octanol–water partition coefficient (Wildman–Crippen LogP) is 1.60. The minimum Gasteiger partial charge on any atom is -0.490 e. The lowest BCUT2D eigenvalue weighted by atomic mass is 9.92.